The van der Waals surface area contributed by atoms with Gasteiger partial charge < -0.3 is 10.6 Å². The van der Waals surface area contributed by atoms with Crippen molar-refractivity contribution in [1.29, 1.82) is 0 Å². The molecule has 0 aromatic carbocycles. The molecule has 1 heterocycles. The van der Waals surface area contributed by atoms with Gasteiger partial charge in [-0.2, -0.15) is 0 Å². The largest absolute Gasteiger partial charge is 0.383 e. The van der Waals surface area contributed by atoms with Gasteiger partial charge in [0.25, 0.3) is 0 Å². The summed E-state index contributed by atoms with van der Waals surface area (Å²) in [4.78, 5) is 6.09. The van der Waals surface area contributed by atoms with Crippen molar-refractivity contribution in [1.82, 2.24) is 15.3 Å². The molecule has 5 N–H and O–H groups in total. The van der Waals surface area contributed by atoms with Crippen LogP contribution in [0.5, 0.6) is 0 Å². The standard InChI is InChI=1S/C10H18ClN5/c1-16(2)4-3-9(15-13)8-5-7(11)6-14-10(8)12/h5-6,9,15H,3-4,13H2,1-2H3,(H2,12,14). The first-order chi connectivity index (χ1) is 7.54. The minimum atomic E-state index is -0.0337. The second-order valence-corrected chi connectivity index (χ2v) is 4.38. The number of aromatic nitrogens is 1. The quantitative estimate of drug-likeness (QED) is 0.526. The second-order valence-electron chi connectivity index (χ2n) is 3.94. The highest BCUT2D eigenvalue weighted by Gasteiger charge is 2.14. The Morgan fingerprint density at radius 3 is 2.81 bits per heavy atom. The molecule has 0 aliphatic rings. The summed E-state index contributed by atoms with van der Waals surface area (Å²) >= 11 is 5.88. The third kappa shape index (κ3) is 3.61. The van der Waals surface area contributed by atoms with E-state index in [0.29, 0.717) is 10.8 Å². The summed E-state index contributed by atoms with van der Waals surface area (Å²) < 4.78 is 0. The van der Waals surface area contributed by atoms with Gasteiger partial charge in [-0.05, 0) is 33.1 Å². The molecule has 0 aliphatic carbocycles. The zero-order valence-corrected chi connectivity index (χ0v) is 10.3. The van der Waals surface area contributed by atoms with Crippen molar-refractivity contribution in [3.63, 3.8) is 0 Å². The molecule has 1 unspecified atom stereocenters. The zero-order valence-electron chi connectivity index (χ0n) is 9.57. The Balaban J connectivity index is 2.81. The van der Waals surface area contributed by atoms with Crippen LogP contribution in [0, 0.1) is 0 Å². The van der Waals surface area contributed by atoms with Crippen molar-refractivity contribution < 1.29 is 0 Å². The normalized spacial score (nSPS) is 13.1. The first-order valence-corrected chi connectivity index (χ1v) is 5.44. The van der Waals surface area contributed by atoms with E-state index in [-0.39, 0.29) is 6.04 Å². The van der Waals surface area contributed by atoms with E-state index in [0.717, 1.165) is 18.5 Å². The van der Waals surface area contributed by atoms with Gasteiger partial charge in [-0.1, -0.05) is 11.6 Å². The highest BCUT2D eigenvalue weighted by Crippen LogP contribution is 2.23. The molecule has 1 atom stereocenters. The summed E-state index contributed by atoms with van der Waals surface area (Å²) in [6, 6.07) is 1.76. The monoisotopic (exact) mass is 243 g/mol. The second kappa shape index (κ2) is 6.00. The molecular weight excluding hydrogens is 226 g/mol. The Bertz CT molecular complexity index is 342. The van der Waals surface area contributed by atoms with Crippen LogP contribution in [0.15, 0.2) is 12.3 Å². The van der Waals surface area contributed by atoms with Crippen LogP contribution >= 0.6 is 11.6 Å². The molecule has 0 radical (unpaired) electrons. The van der Waals surface area contributed by atoms with Crippen molar-refractivity contribution in [3.05, 3.63) is 22.8 Å². The van der Waals surface area contributed by atoms with Crippen molar-refractivity contribution in [3.8, 4) is 0 Å². The number of nitrogens with one attached hydrogen (secondary N) is 1. The summed E-state index contributed by atoms with van der Waals surface area (Å²) in [6.45, 7) is 0.904. The smallest absolute Gasteiger partial charge is 0.128 e. The van der Waals surface area contributed by atoms with E-state index in [9.17, 15) is 0 Å². The SMILES string of the molecule is CN(C)CCC(NN)c1cc(Cl)cnc1N. The Morgan fingerprint density at radius 2 is 2.25 bits per heavy atom. The molecule has 0 saturated heterocycles. The molecule has 0 spiro atoms. The Hall–Kier alpha value is -0.880. The third-order valence-electron chi connectivity index (χ3n) is 2.36. The van der Waals surface area contributed by atoms with E-state index in [2.05, 4.69) is 15.3 Å². The predicted octanol–water partition coefficient (Wildman–Crippen LogP) is 0.773. The van der Waals surface area contributed by atoms with Gasteiger partial charge in [-0.3, -0.25) is 11.3 Å². The van der Waals surface area contributed by atoms with Crippen LogP contribution in [-0.2, 0) is 0 Å². The van der Waals surface area contributed by atoms with Crippen molar-refractivity contribution >= 4 is 17.4 Å². The van der Waals surface area contributed by atoms with E-state index in [1.807, 2.05) is 14.1 Å². The first-order valence-electron chi connectivity index (χ1n) is 5.06. The summed E-state index contributed by atoms with van der Waals surface area (Å²) in [7, 11) is 4.01. The molecule has 1 rings (SSSR count). The minimum Gasteiger partial charge on any atom is -0.383 e. The van der Waals surface area contributed by atoms with Gasteiger partial charge in [0.2, 0.25) is 0 Å². The molecule has 0 bridgehead atoms. The van der Waals surface area contributed by atoms with Gasteiger partial charge in [0.05, 0.1) is 11.1 Å². The van der Waals surface area contributed by atoms with E-state index < -0.39 is 0 Å². The fourth-order valence-corrected chi connectivity index (χ4v) is 1.63. The van der Waals surface area contributed by atoms with Crippen LogP contribution in [-0.4, -0.2) is 30.5 Å². The van der Waals surface area contributed by atoms with Gasteiger partial charge in [-0.15, -0.1) is 0 Å². The average molecular weight is 244 g/mol. The van der Waals surface area contributed by atoms with Crippen molar-refractivity contribution in [2.45, 2.75) is 12.5 Å². The molecule has 0 aliphatic heterocycles. The maximum absolute atomic E-state index is 5.88. The minimum absolute atomic E-state index is 0.0337. The molecule has 0 fully saturated rings. The van der Waals surface area contributed by atoms with Gasteiger partial charge in [0.15, 0.2) is 0 Å². The number of anilines is 1. The number of halogens is 1. The van der Waals surface area contributed by atoms with E-state index >= 15 is 0 Å². The molecular formula is C10H18ClN5. The van der Waals surface area contributed by atoms with E-state index in [1.165, 1.54) is 6.20 Å². The number of hydrazine groups is 1. The molecule has 5 nitrogen and oxygen atoms in total. The highest BCUT2D eigenvalue weighted by atomic mass is 35.5. The number of nitrogen functional groups attached to an aromatic ring is 1. The first kappa shape index (κ1) is 13.2. The predicted molar refractivity (Wildman–Crippen MR) is 66.9 cm³/mol. The number of nitrogens with two attached hydrogens (primary N) is 2. The Morgan fingerprint density at radius 1 is 1.56 bits per heavy atom. The Labute approximate surface area is 101 Å². The zero-order chi connectivity index (χ0) is 12.1. The molecule has 1 aromatic heterocycles. The van der Waals surface area contributed by atoms with Crippen molar-refractivity contribution in [2.75, 3.05) is 26.4 Å². The van der Waals surface area contributed by atoms with Gasteiger partial charge in [-0.25, -0.2) is 4.98 Å². The number of rotatable bonds is 5. The van der Waals surface area contributed by atoms with Crippen molar-refractivity contribution in [2.24, 2.45) is 5.84 Å². The molecule has 16 heavy (non-hydrogen) atoms. The fourth-order valence-electron chi connectivity index (χ4n) is 1.46. The maximum atomic E-state index is 5.88. The molecule has 0 saturated carbocycles. The van der Waals surface area contributed by atoms with Crippen LogP contribution in [0.1, 0.15) is 18.0 Å². The van der Waals surface area contributed by atoms with Crippen LogP contribution < -0.4 is 17.0 Å². The molecule has 6 heteroatoms. The van der Waals surface area contributed by atoms with Crippen LogP contribution in [0.2, 0.25) is 5.02 Å². The lowest BCUT2D eigenvalue weighted by atomic mass is 10.1. The lowest BCUT2D eigenvalue weighted by Crippen LogP contribution is -2.31. The van der Waals surface area contributed by atoms with E-state index in [4.69, 9.17) is 23.2 Å². The van der Waals surface area contributed by atoms with Gasteiger partial charge in [0, 0.05) is 11.8 Å². The lowest BCUT2D eigenvalue weighted by molar-refractivity contribution is 0.363. The maximum Gasteiger partial charge on any atom is 0.128 e. The van der Waals surface area contributed by atoms with Crippen LogP contribution in [0.25, 0.3) is 0 Å². The third-order valence-corrected chi connectivity index (χ3v) is 2.56. The van der Waals surface area contributed by atoms with Crippen LogP contribution in [0.3, 0.4) is 0 Å². The molecule has 1 aromatic rings. The highest BCUT2D eigenvalue weighted by molar-refractivity contribution is 6.30. The van der Waals surface area contributed by atoms with Gasteiger partial charge in [0.1, 0.15) is 5.82 Å². The Kier molecular flexibility index (Phi) is 4.95. The number of hydrogen-bond donors (Lipinski definition) is 3. The molecule has 0 amide bonds. The van der Waals surface area contributed by atoms with Crippen LogP contribution in [0.4, 0.5) is 5.82 Å². The summed E-state index contributed by atoms with van der Waals surface area (Å²) in [6.07, 6.45) is 2.37. The summed E-state index contributed by atoms with van der Waals surface area (Å²) in [5.74, 6) is 5.98. The lowest BCUT2D eigenvalue weighted by Gasteiger charge is -2.19. The summed E-state index contributed by atoms with van der Waals surface area (Å²) in [5.41, 5.74) is 9.37. The van der Waals surface area contributed by atoms with E-state index in [1.54, 1.807) is 6.07 Å². The fraction of sp³-hybridized carbons (Fsp3) is 0.500. The molecule has 90 valence electrons. The number of nitrogens with zero attached hydrogens (tertiary/aromatic N) is 2. The average Bonchev–Trinajstić information content (AvgIpc) is 2.23. The number of pyridine rings is 1. The topological polar surface area (TPSA) is 80.2 Å². The van der Waals surface area contributed by atoms with Gasteiger partial charge >= 0.3 is 0 Å². The summed E-state index contributed by atoms with van der Waals surface area (Å²) in [5, 5.41) is 0.564. The number of hydrogen-bond acceptors (Lipinski definition) is 5.